The van der Waals surface area contributed by atoms with Gasteiger partial charge < -0.3 is 16.0 Å². The molecule has 0 aliphatic rings. The first-order valence-corrected chi connectivity index (χ1v) is 5.76. The lowest BCUT2D eigenvalue weighted by atomic mass is 10.1. The molecule has 0 spiro atoms. The molecular formula is C13H17N3O. The molecule has 0 fully saturated rings. The summed E-state index contributed by atoms with van der Waals surface area (Å²) < 4.78 is 0. The number of aromatic amines is 1. The minimum Gasteiger partial charge on any atom is -0.399 e. The summed E-state index contributed by atoms with van der Waals surface area (Å²) in [5.74, 6) is 0. The van der Waals surface area contributed by atoms with Gasteiger partial charge in [-0.25, -0.2) is 0 Å². The third kappa shape index (κ3) is 2.41. The van der Waals surface area contributed by atoms with Gasteiger partial charge in [-0.15, -0.1) is 0 Å². The number of nitrogen functional groups attached to an aromatic ring is 1. The van der Waals surface area contributed by atoms with Crippen molar-refractivity contribution < 1.29 is 4.79 Å². The van der Waals surface area contributed by atoms with Crippen molar-refractivity contribution in [3.05, 3.63) is 29.5 Å². The number of aromatic nitrogens is 1. The van der Waals surface area contributed by atoms with Crippen LogP contribution in [0.5, 0.6) is 0 Å². The van der Waals surface area contributed by atoms with Gasteiger partial charge in [-0.05, 0) is 43.5 Å². The SMILES string of the molecule is Cc1[nH]c2ccc(N)cc2c1CCCNC=O. The van der Waals surface area contributed by atoms with E-state index in [1.54, 1.807) is 0 Å². The van der Waals surface area contributed by atoms with Crippen molar-refractivity contribution >= 4 is 23.0 Å². The third-order valence-corrected chi connectivity index (χ3v) is 2.97. The number of amides is 1. The molecule has 0 saturated heterocycles. The predicted octanol–water partition coefficient (Wildman–Crippen LogP) is 1.74. The molecule has 0 atom stereocenters. The van der Waals surface area contributed by atoms with E-state index in [1.165, 1.54) is 16.6 Å². The molecule has 1 aromatic heterocycles. The molecule has 4 heteroatoms. The van der Waals surface area contributed by atoms with Gasteiger partial charge in [-0.2, -0.15) is 0 Å². The average Bonchev–Trinajstić information content (AvgIpc) is 2.61. The van der Waals surface area contributed by atoms with E-state index in [9.17, 15) is 4.79 Å². The van der Waals surface area contributed by atoms with Crippen molar-refractivity contribution in [2.45, 2.75) is 19.8 Å². The molecule has 4 N–H and O–H groups in total. The lowest BCUT2D eigenvalue weighted by Gasteiger charge is -2.02. The highest BCUT2D eigenvalue weighted by molar-refractivity contribution is 5.87. The molecule has 1 aromatic carbocycles. The van der Waals surface area contributed by atoms with Crippen LogP contribution in [0.3, 0.4) is 0 Å². The number of nitrogens with two attached hydrogens (primary N) is 1. The number of benzene rings is 1. The molecule has 2 rings (SSSR count). The fourth-order valence-electron chi connectivity index (χ4n) is 2.15. The minimum absolute atomic E-state index is 0.706. The Bertz CT molecular complexity index is 531. The van der Waals surface area contributed by atoms with Crippen LogP contribution in [0.4, 0.5) is 5.69 Å². The molecule has 0 radical (unpaired) electrons. The number of aryl methyl sites for hydroxylation is 2. The van der Waals surface area contributed by atoms with Gasteiger partial charge >= 0.3 is 0 Å². The number of hydrogen-bond acceptors (Lipinski definition) is 2. The van der Waals surface area contributed by atoms with E-state index < -0.39 is 0 Å². The number of rotatable bonds is 5. The molecule has 0 aliphatic carbocycles. The predicted molar refractivity (Wildman–Crippen MR) is 69.8 cm³/mol. The number of fused-ring (bicyclic) bond motifs is 1. The van der Waals surface area contributed by atoms with Crippen molar-refractivity contribution in [1.82, 2.24) is 10.3 Å². The number of hydrogen-bond donors (Lipinski definition) is 3. The van der Waals surface area contributed by atoms with Crippen LogP contribution < -0.4 is 11.1 Å². The maximum Gasteiger partial charge on any atom is 0.207 e. The summed E-state index contributed by atoms with van der Waals surface area (Å²) in [6.45, 7) is 2.77. The van der Waals surface area contributed by atoms with E-state index in [0.717, 1.165) is 30.5 Å². The molecule has 2 aromatic rings. The van der Waals surface area contributed by atoms with Crippen LogP contribution in [0.15, 0.2) is 18.2 Å². The first kappa shape index (κ1) is 11.5. The van der Waals surface area contributed by atoms with Gasteiger partial charge in [0.1, 0.15) is 0 Å². The quantitative estimate of drug-likeness (QED) is 0.416. The molecule has 0 aliphatic heterocycles. The number of H-pyrrole nitrogens is 1. The summed E-state index contributed by atoms with van der Waals surface area (Å²) >= 11 is 0. The minimum atomic E-state index is 0.706. The fraction of sp³-hybridized carbons (Fsp3) is 0.308. The Morgan fingerprint density at radius 3 is 3.06 bits per heavy atom. The van der Waals surface area contributed by atoms with Crippen molar-refractivity contribution in [2.75, 3.05) is 12.3 Å². The largest absolute Gasteiger partial charge is 0.399 e. The van der Waals surface area contributed by atoms with Gasteiger partial charge in [0.25, 0.3) is 0 Å². The van der Waals surface area contributed by atoms with E-state index in [-0.39, 0.29) is 0 Å². The molecule has 1 amide bonds. The number of anilines is 1. The maximum absolute atomic E-state index is 10.2. The van der Waals surface area contributed by atoms with Crippen LogP contribution in [0, 0.1) is 6.92 Å². The molecular weight excluding hydrogens is 214 g/mol. The van der Waals surface area contributed by atoms with Crippen molar-refractivity contribution in [3.8, 4) is 0 Å². The Kier molecular flexibility index (Phi) is 3.32. The summed E-state index contributed by atoms with van der Waals surface area (Å²) in [4.78, 5) is 13.5. The Labute approximate surface area is 100 Å². The molecule has 0 unspecified atom stereocenters. The van der Waals surface area contributed by atoms with E-state index in [0.29, 0.717) is 6.54 Å². The van der Waals surface area contributed by atoms with Crippen LogP contribution in [0.25, 0.3) is 10.9 Å². The third-order valence-electron chi connectivity index (χ3n) is 2.97. The Morgan fingerprint density at radius 2 is 2.29 bits per heavy atom. The van der Waals surface area contributed by atoms with E-state index in [4.69, 9.17) is 5.73 Å². The first-order chi connectivity index (χ1) is 8.22. The molecule has 1 heterocycles. The van der Waals surface area contributed by atoms with E-state index in [1.807, 2.05) is 18.2 Å². The lowest BCUT2D eigenvalue weighted by molar-refractivity contribution is -0.109. The van der Waals surface area contributed by atoms with E-state index >= 15 is 0 Å². The second kappa shape index (κ2) is 4.91. The average molecular weight is 231 g/mol. The Hall–Kier alpha value is -1.97. The normalized spacial score (nSPS) is 10.6. The van der Waals surface area contributed by atoms with Crippen LogP contribution in [-0.2, 0) is 11.2 Å². The van der Waals surface area contributed by atoms with Crippen LogP contribution in [-0.4, -0.2) is 17.9 Å². The highest BCUT2D eigenvalue weighted by atomic mass is 16.1. The highest BCUT2D eigenvalue weighted by Crippen LogP contribution is 2.25. The van der Waals surface area contributed by atoms with Crippen LogP contribution in [0.1, 0.15) is 17.7 Å². The smallest absolute Gasteiger partial charge is 0.207 e. The molecule has 0 bridgehead atoms. The summed E-state index contributed by atoms with van der Waals surface area (Å²) in [5, 5.41) is 3.86. The summed E-state index contributed by atoms with van der Waals surface area (Å²) in [6.07, 6.45) is 2.61. The number of carbonyl (C=O) groups is 1. The van der Waals surface area contributed by atoms with Gasteiger partial charge in [0.05, 0.1) is 0 Å². The zero-order valence-corrected chi connectivity index (χ0v) is 9.92. The summed E-state index contributed by atoms with van der Waals surface area (Å²) in [5.41, 5.74) is 10.2. The fourth-order valence-corrected chi connectivity index (χ4v) is 2.15. The highest BCUT2D eigenvalue weighted by Gasteiger charge is 2.07. The molecule has 17 heavy (non-hydrogen) atoms. The zero-order chi connectivity index (χ0) is 12.3. The van der Waals surface area contributed by atoms with Gasteiger partial charge in [-0.1, -0.05) is 0 Å². The Morgan fingerprint density at radius 1 is 1.47 bits per heavy atom. The first-order valence-electron chi connectivity index (χ1n) is 5.76. The van der Waals surface area contributed by atoms with Crippen molar-refractivity contribution in [2.24, 2.45) is 0 Å². The molecule has 0 saturated carbocycles. The number of nitrogens with one attached hydrogen (secondary N) is 2. The second-order valence-electron chi connectivity index (χ2n) is 4.21. The van der Waals surface area contributed by atoms with Gasteiger partial charge in [0.2, 0.25) is 6.41 Å². The van der Waals surface area contributed by atoms with Crippen molar-refractivity contribution in [3.63, 3.8) is 0 Å². The number of carbonyl (C=O) groups excluding carboxylic acids is 1. The second-order valence-corrected chi connectivity index (χ2v) is 4.21. The Balaban J connectivity index is 2.22. The van der Waals surface area contributed by atoms with Crippen LogP contribution >= 0.6 is 0 Å². The summed E-state index contributed by atoms with van der Waals surface area (Å²) in [7, 11) is 0. The molecule has 4 nitrogen and oxygen atoms in total. The van der Waals surface area contributed by atoms with Gasteiger partial charge in [0.15, 0.2) is 0 Å². The van der Waals surface area contributed by atoms with Gasteiger partial charge in [0, 0.05) is 28.8 Å². The standard InChI is InChI=1S/C13H17N3O/c1-9-11(3-2-6-15-8-17)12-7-10(14)4-5-13(12)16-9/h4-5,7-8,16H,2-3,6,14H2,1H3,(H,15,17). The topological polar surface area (TPSA) is 70.9 Å². The van der Waals surface area contributed by atoms with E-state index in [2.05, 4.69) is 17.2 Å². The monoisotopic (exact) mass is 231 g/mol. The zero-order valence-electron chi connectivity index (χ0n) is 9.92. The van der Waals surface area contributed by atoms with Crippen molar-refractivity contribution in [1.29, 1.82) is 0 Å². The van der Waals surface area contributed by atoms with Crippen LogP contribution in [0.2, 0.25) is 0 Å². The summed E-state index contributed by atoms with van der Waals surface area (Å²) in [6, 6.07) is 5.90. The van der Waals surface area contributed by atoms with Gasteiger partial charge in [-0.3, -0.25) is 4.79 Å². The lowest BCUT2D eigenvalue weighted by Crippen LogP contribution is -2.12. The molecule has 90 valence electrons. The maximum atomic E-state index is 10.2.